The highest BCUT2D eigenvalue weighted by Gasteiger charge is 2.08. The van der Waals surface area contributed by atoms with E-state index in [4.69, 9.17) is 0 Å². The average molecular weight is 362 g/mol. The van der Waals surface area contributed by atoms with Gasteiger partial charge in [-0.15, -0.1) is 0 Å². The third-order valence-electron chi connectivity index (χ3n) is 2.98. The molecule has 1 N–H and O–H groups in total. The Kier molecular flexibility index (Phi) is 6.10. The number of carbonyl (C=O) groups is 2. The molecule has 0 aliphatic carbocycles. The van der Waals surface area contributed by atoms with Crippen LogP contribution in [0.4, 0.5) is 20.2 Å². The Morgan fingerprint density at radius 2 is 1.85 bits per heavy atom. The van der Waals surface area contributed by atoms with Crippen LogP contribution in [0.5, 0.6) is 0 Å². The number of non-ortho nitro benzene ring substituents is 1. The van der Waals surface area contributed by atoms with Crippen LogP contribution < -0.4 is 5.32 Å². The van der Waals surface area contributed by atoms with E-state index >= 15 is 0 Å². The number of anilines is 1. The van der Waals surface area contributed by atoms with Crippen molar-refractivity contribution in [1.82, 2.24) is 0 Å². The molecule has 0 fully saturated rings. The van der Waals surface area contributed by atoms with Gasteiger partial charge in [-0.1, -0.05) is 12.1 Å². The predicted octanol–water partition coefficient (Wildman–Crippen LogP) is 3.07. The first-order chi connectivity index (χ1) is 12.3. The molecular formula is C17H12F2N2O5. The summed E-state index contributed by atoms with van der Waals surface area (Å²) in [6.07, 6.45) is 2.28. The molecule has 0 aliphatic rings. The van der Waals surface area contributed by atoms with Crippen LogP contribution in [0.2, 0.25) is 0 Å². The lowest BCUT2D eigenvalue weighted by molar-refractivity contribution is -0.384. The molecule has 2 rings (SSSR count). The number of hydrogen-bond acceptors (Lipinski definition) is 5. The Balaban J connectivity index is 1.87. The summed E-state index contributed by atoms with van der Waals surface area (Å²) in [6.45, 7) is -0.670. The van der Waals surface area contributed by atoms with Crippen LogP contribution >= 0.6 is 0 Å². The molecule has 0 atom stereocenters. The molecule has 0 bridgehead atoms. The van der Waals surface area contributed by atoms with Crippen molar-refractivity contribution in [2.45, 2.75) is 0 Å². The van der Waals surface area contributed by atoms with E-state index in [0.29, 0.717) is 11.6 Å². The number of nitro benzene ring substituents is 1. The minimum absolute atomic E-state index is 0.115. The molecule has 7 nitrogen and oxygen atoms in total. The molecule has 134 valence electrons. The predicted molar refractivity (Wildman–Crippen MR) is 88.1 cm³/mol. The SMILES string of the molecule is O=C(COC(=O)/C=C/c1cccc([N+](=O)[O-])c1)Nc1cc(F)cc(F)c1. The summed E-state index contributed by atoms with van der Waals surface area (Å²) < 4.78 is 30.7. The average Bonchev–Trinajstić information content (AvgIpc) is 2.57. The van der Waals surface area contributed by atoms with E-state index in [-0.39, 0.29) is 11.4 Å². The van der Waals surface area contributed by atoms with E-state index in [0.717, 1.165) is 18.2 Å². The number of halogens is 2. The summed E-state index contributed by atoms with van der Waals surface area (Å²) in [5.41, 5.74) is 0.147. The molecule has 9 heteroatoms. The van der Waals surface area contributed by atoms with Crippen molar-refractivity contribution in [3.05, 3.63) is 75.9 Å². The second kappa shape index (κ2) is 8.47. The number of nitro groups is 1. The van der Waals surface area contributed by atoms with E-state index in [2.05, 4.69) is 10.1 Å². The summed E-state index contributed by atoms with van der Waals surface area (Å²) in [5.74, 6) is -3.38. The molecule has 0 heterocycles. The van der Waals surface area contributed by atoms with Crippen molar-refractivity contribution in [3.63, 3.8) is 0 Å². The van der Waals surface area contributed by atoms with Crippen LogP contribution in [0.25, 0.3) is 6.08 Å². The third-order valence-corrected chi connectivity index (χ3v) is 2.98. The quantitative estimate of drug-likeness (QED) is 0.369. The van der Waals surface area contributed by atoms with Gasteiger partial charge < -0.3 is 10.1 Å². The van der Waals surface area contributed by atoms with Crippen molar-refractivity contribution in [3.8, 4) is 0 Å². The number of hydrogen-bond donors (Lipinski definition) is 1. The first-order valence-corrected chi connectivity index (χ1v) is 7.19. The van der Waals surface area contributed by atoms with Gasteiger partial charge in [0.15, 0.2) is 6.61 Å². The number of nitrogens with zero attached hydrogens (tertiary/aromatic N) is 1. The van der Waals surface area contributed by atoms with Gasteiger partial charge in [0.05, 0.1) is 4.92 Å². The molecule has 2 aromatic rings. The first-order valence-electron chi connectivity index (χ1n) is 7.19. The lowest BCUT2D eigenvalue weighted by Gasteiger charge is -2.05. The molecule has 1 amide bonds. The maximum absolute atomic E-state index is 13.0. The van der Waals surface area contributed by atoms with Crippen LogP contribution in [0, 0.1) is 21.7 Å². The van der Waals surface area contributed by atoms with Gasteiger partial charge in [0.1, 0.15) is 11.6 Å². The van der Waals surface area contributed by atoms with Crippen molar-refractivity contribution < 1.29 is 28.0 Å². The first kappa shape index (κ1) is 18.7. The molecule has 0 saturated carbocycles. The largest absolute Gasteiger partial charge is 0.452 e. The number of nitrogens with one attached hydrogen (secondary N) is 1. The third kappa shape index (κ3) is 5.78. The van der Waals surface area contributed by atoms with E-state index in [1.165, 1.54) is 24.3 Å². The lowest BCUT2D eigenvalue weighted by atomic mass is 10.2. The fourth-order valence-corrected chi connectivity index (χ4v) is 1.91. The van der Waals surface area contributed by atoms with E-state index in [1.807, 2.05) is 0 Å². The van der Waals surface area contributed by atoms with Crippen molar-refractivity contribution in [1.29, 1.82) is 0 Å². The molecule has 0 saturated heterocycles. The molecular weight excluding hydrogens is 350 g/mol. The molecule has 26 heavy (non-hydrogen) atoms. The fraction of sp³-hybridized carbons (Fsp3) is 0.0588. The minimum Gasteiger partial charge on any atom is -0.452 e. The van der Waals surface area contributed by atoms with Gasteiger partial charge in [0.2, 0.25) is 0 Å². The highest BCUT2D eigenvalue weighted by Crippen LogP contribution is 2.14. The van der Waals surface area contributed by atoms with Gasteiger partial charge in [0, 0.05) is 30.0 Å². The number of rotatable bonds is 6. The van der Waals surface area contributed by atoms with Crippen molar-refractivity contribution in [2.75, 3.05) is 11.9 Å². The van der Waals surface area contributed by atoms with Gasteiger partial charge in [0.25, 0.3) is 11.6 Å². The van der Waals surface area contributed by atoms with Crippen LogP contribution in [0.3, 0.4) is 0 Å². The maximum Gasteiger partial charge on any atom is 0.331 e. The zero-order valence-electron chi connectivity index (χ0n) is 13.1. The highest BCUT2D eigenvalue weighted by molar-refractivity contribution is 5.94. The number of amides is 1. The zero-order valence-corrected chi connectivity index (χ0v) is 13.1. The van der Waals surface area contributed by atoms with Crippen molar-refractivity contribution >= 4 is 29.3 Å². The van der Waals surface area contributed by atoms with Crippen LogP contribution in [0.15, 0.2) is 48.5 Å². The monoisotopic (exact) mass is 362 g/mol. The Morgan fingerprint density at radius 1 is 1.15 bits per heavy atom. The Labute approximate surface area is 146 Å². The van der Waals surface area contributed by atoms with Gasteiger partial charge in [-0.3, -0.25) is 14.9 Å². The Hall–Kier alpha value is -3.62. The smallest absolute Gasteiger partial charge is 0.331 e. The zero-order chi connectivity index (χ0) is 19.1. The van der Waals surface area contributed by atoms with Gasteiger partial charge in [-0.05, 0) is 23.8 Å². The van der Waals surface area contributed by atoms with Crippen LogP contribution in [-0.2, 0) is 14.3 Å². The van der Waals surface area contributed by atoms with Crippen LogP contribution in [0.1, 0.15) is 5.56 Å². The van der Waals surface area contributed by atoms with E-state index < -0.39 is 35.0 Å². The summed E-state index contributed by atoms with van der Waals surface area (Å²) >= 11 is 0. The molecule has 0 spiro atoms. The number of esters is 1. The van der Waals surface area contributed by atoms with Crippen molar-refractivity contribution in [2.24, 2.45) is 0 Å². The summed E-state index contributed by atoms with van der Waals surface area (Å²) in [5, 5.41) is 12.8. The number of ether oxygens (including phenoxy) is 1. The Bertz CT molecular complexity index is 863. The summed E-state index contributed by atoms with van der Waals surface area (Å²) in [6, 6.07) is 8.02. The molecule has 0 aromatic heterocycles. The normalized spacial score (nSPS) is 10.5. The second-order valence-electron chi connectivity index (χ2n) is 5.00. The van der Waals surface area contributed by atoms with Crippen LogP contribution in [-0.4, -0.2) is 23.4 Å². The topological polar surface area (TPSA) is 98.5 Å². The maximum atomic E-state index is 13.0. The number of carbonyl (C=O) groups excluding carboxylic acids is 2. The number of benzene rings is 2. The highest BCUT2D eigenvalue weighted by atomic mass is 19.1. The Morgan fingerprint density at radius 3 is 2.50 bits per heavy atom. The van der Waals surface area contributed by atoms with Gasteiger partial charge in [-0.25, -0.2) is 13.6 Å². The lowest BCUT2D eigenvalue weighted by Crippen LogP contribution is -2.20. The molecule has 0 unspecified atom stereocenters. The molecule has 2 aromatic carbocycles. The van der Waals surface area contributed by atoms with E-state index in [9.17, 15) is 28.5 Å². The minimum atomic E-state index is -0.864. The standard InChI is InChI=1S/C17H12F2N2O5/c18-12-7-13(19)9-14(8-12)20-16(22)10-26-17(23)5-4-11-2-1-3-15(6-11)21(24)25/h1-9H,10H2,(H,20,22)/b5-4+. The van der Waals surface area contributed by atoms with E-state index in [1.54, 1.807) is 6.07 Å². The summed E-state index contributed by atoms with van der Waals surface area (Å²) in [4.78, 5) is 33.2. The van der Waals surface area contributed by atoms with Gasteiger partial charge >= 0.3 is 5.97 Å². The molecule has 0 aliphatic heterocycles. The molecule has 0 radical (unpaired) electrons. The van der Waals surface area contributed by atoms with Gasteiger partial charge in [-0.2, -0.15) is 0 Å². The second-order valence-corrected chi connectivity index (χ2v) is 5.00. The summed E-state index contributed by atoms with van der Waals surface area (Å²) in [7, 11) is 0. The fourth-order valence-electron chi connectivity index (χ4n) is 1.91.